The van der Waals surface area contributed by atoms with Crippen LogP contribution in [0.15, 0.2) is 45.3 Å². The number of hydrogen-bond donors (Lipinski definition) is 2. The molecule has 0 aliphatic heterocycles. The Kier molecular flexibility index (Phi) is 2.79. The van der Waals surface area contributed by atoms with Crippen LogP contribution in [0.3, 0.4) is 0 Å². The molecule has 0 atom stereocenters. The summed E-state index contributed by atoms with van der Waals surface area (Å²) < 4.78 is 6.87. The number of amides is 1. The second kappa shape index (κ2) is 4.59. The Morgan fingerprint density at radius 3 is 2.82 bits per heavy atom. The standard InChI is InChI=1S/C16H11BrN2O3/c1-19(21)16(20)10-4-2-3-9-13(10)18-14-11-7-8(17)5-6-12(11)22-15(9)14/h2-7,18,21H,1H3. The molecule has 0 saturated heterocycles. The molecule has 4 aromatic rings. The Hall–Kier alpha value is -2.31. The number of hydrogen-bond acceptors (Lipinski definition) is 3. The molecule has 6 heteroatoms. The van der Waals surface area contributed by atoms with E-state index < -0.39 is 5.91 Å². The predicted molar refractivity (Wildman–Crippen MR) is 87.2 cm³/mol. The van der Waals surface area contributed by atoms with E-state index in [9.17, 15) is 10.0 Å². The van der Waals surface area contributed by atoms with E-state index in [0.717, 1.165) is 26.3 Å². The molecule has 2 aromatic heterocycles. The Bertz CT molecular complexity index is 1050. The van der Waals surface area contributed by atoms with Gasteiger partial charge in [0.1, 0.15) is 5.58 Å². The van der Waals surface area contributed by atoms with Crippen molar-refractivity contribution in [2.24, 2.45) is 0 Å². The summed E-state index contributed by atoms with van der Waals surface area (Å²) in [7, 11) is 1.31. The van der Waals surface area contributed by atoms with Gasteiger partial charge in [0.15, 0.2) is 5.58 Å². The van der Waals surface area contributed by atoms with Gasteiger partial charge in [-0.3, -0.25) is 10.0 Å². The van der Waals surface area contributed by atoms with Crippen LogP contribution in [0.2, 0.25) is 0 Å². The van der Waals surface area contributed by atoms with Crippen LogP contribution in [0.1, 0.15) is 10.4 Å². The van der Waals surface area contributed by atoms with E-state index in [0.29, 0.717) is 21.7 Å². The van der Waals surface area contributed by atoms with Crippen LogP contribution in [0.5, 0.6) is 0 Å². The van der Waals surface area contributed by atoms with Crippen LogP contribution in [-0.4, -0.2) is 28.2 Å². The van der Waals surface area contributed by atoms with Gasteiger partial charge in [-0.2, -0.15) is 0 Å². The number of nitrogens with one attached hydrogen (secondary N) is 1. The van der Waals surface area contributed by atoms with Crippen LogP contribution in [0.4, 0.5) is 0 Å². The molecule has 0 bridgehead atoms. The van der Waals surface area contributed by atoms with Crippen molar-refractivity contribution in [1.82, 2.24) is 10.0 Å². The zero-order chi connectivity index (χ0) is 15.4. The summed E-state index contributed by atoms with van der Waals surface area (Å²) in [5.74, 6) is -0.472. The highest BCUT2D eigenvalue weighted by Gasteiger charge is 2.19. The second-order valence-corrected chi connectivity index (χ2v) is 6.04. The topological polar surface area (TPSA) is 69.5 Å². The third-order valence-electron chi connectivity index (χ3n) is 3.73. The maximum absolute atomic E-state index is 12.1. The summed E-state index contributed by atoms with van der Waals surface area (Å²) in [6.07, 6.45) is 0. The number of aromatic amines is 1. The van der Waals surface area contributed by atoms with E-state index in [4.69, 9.17) is 4.42 Å². The van der Waals surface area contributed by atoms with Crippen molar-refractivity contribution in [3.63, 3.8) is 0 Å². The molecule has 4 rings (SSSR count). The van der Waals surface area contributed by atoms with Gasteiger partial charge in [0.25, 0.3) is 5.91 Å². The fraction of sp³-hybridized carbons (Fsp3) is 0.0625. The smallest absolute Gasteiger partial charge is 0.279 e. The normalized spacial score (nSPS) is 11.6. The minimum Gasteiger partial charge on any atom is -0.454 e. The van der Waals surface area contributed by atoms with Crippen LogP contribution in [-0.2, 0) is 0 Å². The molecule has 0 aliphatic rings. The molecular weight excluding hydrogens is 348 g/mol. The number of benzene rings is 2. The fourth-order valence-corrected chi connectivity index (χ4v) is 3.10. The van der Waals surface area contributed by atoms with Gasteiger partial charge in [-0.1, -0.05) is 22.0 Å². The van der Waals surface area contributed by atoms with Gasteiger partial charge in [0.05, 0.1) is 16.6 Å². The lowest BCUT2D eigenvalue weighted by atomic mass is 10.1. The highest BCUT2D eigenvalue weighted by molar-refractivity contribution is 9.10. The quantitative estimate of drug-likeness (QED) is 0.393. The van der Waals surface area contributed by atoms with Crippen LogP contribution in [0.25, 0.3) is 33.0 Å². The largest absolute Gasteiger partial charge is 0.454 e. The first-order valence-electron chi connectivity index (χ1n) is 6.65. The monoisotopic (exact) mass is 358 g/mol. The predicted octanol–water partition coefficient (Wildman–Crippen LogP) is 4.29. The van der Waals surface area contributed by atoms with E-state index in [1.807, 2.05) is 24.3 Å². The zero-order valence-electron chi connectivity index (χ0n) is 11.6. The lowest BCUT2D eigenvalue weighted by Crippen LogP contribution is -2.22. The van der Waals surface area contributed by atoms with Gasteiger partial charge in [0.2, 0.25) is 0 Å². The first-order chi connectivity index (χ1) is 10.6. The maximum atomic E-state index is 12.1. The average molecular weight is 359 g/mol. The molecular formula is C16H11BrN2O3. The number of aromatic nitrogens is 1. The van der Waals surface area contributed by atoms with E-state index in [1.165, 1.54) is 7.05 Å². The van der Waals surface area contributed by atoms with Crippen LogP contribution >= 0.6 is 15.9 Å². The van der Waals surface area contributed by atoms with Crippen molar-refractivity contribution < 1.29 is 14.4 Å². The molecule has 22 heavy (non-hydrogen) atoms. The molecule has 0 aliphatic carbocycles. The lowest BCUT2D eigenvalue weighted by Gasteiger charge is -2.08. The van der Waals surface area contributed by atoms with E-state index in [1.54, 1.807) is 12.1 Å². The summed E-state index contributed by atoms with van der Waals surface area (Å²) in [6.45, 7) is 0. The van der Waals surface area contributed by atoms with Gasteiger partial charge in [-0.25, -0.2) is 5.06 Å². The van der Waals surface area contributed by atoms with Crippen LogP contribution < -0.4 is 0 Å². The summed E-state index contributed by atoms with van der Waals surface area (Å²) in [5.41, 5.74) is 3.38. The van der Waals surface area contributed by atoms with E-state index >= 15 is 0 Å². The number of fused-ring (bicyclic) bond motifs is 5. The van der Waals surface area contributed by atoms with Crippen molar-refractivity contribution in [2.75, 3.05) is 7.05 Å². The molecule has 2 heterocycles. The van der Waals surface area contributed by atoms with Gasteiger partial charge in [-0.15, -0.1) is 0 Å². The Morgan fingerprint density at radius 2 is 2.05 bits per heavy atom. The fourth-order valence-electron chi connectivity index (χ4n) is 2.74. The number of rotatable bonds is 1. The highest BCUT2D eigenvalue weighted by atomic mass is 79.9. The lowest BCUT2D eigenvalue weighted by molar-refractivity contribution is -0.0373. The molecule has 0 unspecified atom stereocenters. The molecule has 0 saturated carbocycles. The van der Waals surface area contributed by atoms with Crippen LogP contribution in [0, 0.1) is 0 Å². The average Bonchev–Trinajstić information content (AvgIpc) is 3.02. The third-order valence-corrected chi connectivity index (χ3v) is 4.23. The van der Waals surface area contributed by atoms with Crippen molar-refractivity contribution in [1.29, 1.82) is 0 Å². The van der Waals surface area contributed by atoms with Crippen molar-refractivity contribution in [3.8, 4) is 0 Å². The molecule has 0 fully saturated rings. The third kappa shape index (κ3) is 1.77. The minimum atomic E-state index is -0.472. The maximum Gasteiger partial charge on any atom is 0.279 e. The van der Waals surface area contributed by atoms with Crippen molar-refractivity contribution >= 4 is 54.8 Å². The Balaban J connectivity index is 2.12. The summed E-state index contributed by atoms with van der Waals surface area (Å²) in [5, 5.41) is 11.7. The zero-order valence-corrected chi connectivity index (χ0v) is 13.1. The number of H-pyrrole nitrogens is 1. The van der Waals surface area contributed by atoms with E-state index in [-0.39, 0.29) is 0 Å². The molecule has 0 spiro atoms. The molecule has 2 aromatic carbocycles. The molecule has 5 nitrogen and oxygen atoms in total. The number of hydroxylamine groups is 2. The second-order valence-electron chi connectivity index (χ2n) is 5.13. The van der Waals surface area contributed by atoms with Gasteiger partial charge >= 0.3 is 0 Å². The van der Waals surface area contributed by atoms with Crippen molar-refractivity contribution in [3.05, 3.63) is 46.4 Å². The summed E-state index contributed by atoms with van der Waals surface area (Å²) in [6, 6.07) is 11.1. The minimum absolute atomic E-state index is 0.400. The Morgan fingerprint density at radius 1 is 1.23 bits per heavy atom. The number of nitrogens with zero attached hydrogens (tertiary/aromatic N) is 1. The van der Waals surface area contributed by atoms with Crippen molar-refractivity contribution in [2.45, 2.75) is 0 Å². The highest BCUT2D eigenvalue weighted by Crippen LogP contribution is 2.36. The summed E-state index contributed by atoms with van der Waals surface area (Å²) >= 11 is 3.45. The van der Waals surface area contributed by atoms with Gasteiger partial charge in [0, 0.05) is 22.3 Å². The molecule has 2 N–H and O–H groups in total. The number of halogens is 1. The van der Waals surface area contributed by atoms with Gasteiger partial charge in [-0.05, 0) is 30.3 Å². The molecule has 1 amide bonds. The Labute approximate surface area is 133 Å². The molecule has 0 radical (unpaired) electrons. The van der Waals surface area contributed by atoms with E-state index in [2.05, 4.69) is 20.9 Å². The number of para-hydroxylation sites is 1. The first-order valence-corrected chi connectivity index (χ1v) is 7.45. The summed E-state index contributed by atoms with van der Waals surface area (Å²) in [4.78, 5) is 15.4. The van der Waals surface area contributed by atoms with Gasteiger partial charge < -0.3 is 9.40 Å². The number of carbonyl (C=O) groups is 1. The molecule has 110 valence electrons. The number of carbonyl (C=O) groups excluding carboxylic acids is 1. The number of furan rings is 1. The SMILES string of the molecule is CN(O)C(=O)c1cccc2c1[nH]c1c3cc(Br)ccc3oc21. The first kappa shape index (κ1) is 13.4.